The topological polar surface area (TPSA) is 34.4 Å². The predicted molar refractivity (Wildman–Crippen MR) is 83.3 cm³/mol. The number of nitrogens with one attached hydrogen (secondary N) is 1. The molecule has 3 nitrogen and oxygen atoms in total. The van der Waals surface area contributed by atoms with Gasteiger partial charge in [0.25, 0.3) is 0 Å². The van der Waals surface area contributed by atoms with Gasteiger partial charge in [-0.15, -0.1) is 0 Å². The third kappa shape index (κ3) is 3.17. The van der Waals surface area contributed by atoms with E-state index in [-0.39, 0.29) is 12.1 Å². The molecule has 0 saturated carbocycles. The highest BCUT2D eigenvalue weighted by molar-refractivity contribution is 6.31. The summed E-state index contributed by atoms with van der Waals surface area (Å²) in [4.78, 5) is 0. The van der Waals surface area contributed by atoms with Gasteiger partial charge in [-0.2, -0.15) is 0 Å². The van der Waals surface area contributed by atoms with E-state index in [1.54, 1.807) is 7.11 Å². The summed E-state index contributed by atoms with van der Waals surface area (Å²) in [5.74, 6) is 1.28. The summed E-state index contributed by atoms with van der Waals surface area (Å²) in [5.41, 5.74) is 0.853. The number of furan rings is 1. The van der Waals surface area contributed by atoms with E-state index in [4.69, 9.17) is 20.8 Å². The maximum absolute atomic E-state index is 6.03. The van der Waals surface area contributed by atoms with Gasteiger partial charge in [0.05, 0.1) is 12.1 Å². The van der Waals surface area contributed by atoms with Crippen LogP contribution in [0.25, 0.3) is 11.0 Å². The first-order valence-electron chi connectivity index (χ1n) is 7.02. The first-order valence-corrected chi connectivity index (χ1v) is 7.39. The molecule has 0 fully saturated rings. The van der Waals surface area contributed by atoms with Crippen molar-refractivity contribution in [3.05, 3.63) is 35.0 Å². The predicted octanol–water partition coefficient (Wildman–Crippen LogP) is 4.41. The maximum atomic E-state index is 6.03. The van der Waals surface area contributed by atoms with Crippen molar-refractivity contribution in [1.82, 2.24) is 5.32 Å². The quantitative estimate of drug-likeness (QED) is 0.857. The van der Waals surface area contributed by atoms with E-state index in [1.807, 2.05) is 24.3 Å². The summed E-state index contributed by atoms with van der Waals surface area (Å²) in [6.45, 7) is 7.24. The summed E-state index contributed by atoms with van der Waals surface area (Å²) in [6.07, 6.45) is 0.0611. The van der Waals surface area contributed by atoms with Gasteiger partial charge in [-0.25, -0.2) is 0 Å². The molecule has 0 saturated heterocycles. The van der Waals surface area contributed by atoms with Gasteiger partial charge in [0.15, 0.2) is 0 Å². The molecule has 1 aromatic heterocycles. The average molecular weight is 296 g/mol. The largest absolute Gasteiger partial charge is 0.459 e. The second-order valence-electron chi connectivity index (χ2n) is 5.31. The van der Waals surface area contributed by atoms with Crippen LogP contribution in [-0.2, 0) is 4.74 Å². The number of benzene rings is 1. The molecule has 1 N–H and O–H groups in total. The number of halogens is 1. The van der Waals surface area contributed by atoms with Crippen LogP contribution in [0.2, 0.25) is 5.02 Å². The number of hydrogen-bond donors (Lipinski definition) is 1. The van der Waals surface area contributed by atoms with Crippen molar-refractivity contribution in [2.24, 2.45) is 5.92 Å². The lowest BCUT2D eigenvalue weighted by atomic mass is 9.97. The van der Waals surface area contributed by atoms with Crippen molar-refractivity contribution in [1.29, 1.82) is 0 Å². The number of likely N-dealkylation sites (N-methyl/N-ethyl adjacent to an activating group) is 1. The number of hydrogen-bond acceptors (Lipinski definition) is 3. The van der Waals surface area contributed by atoms with E-state index in [1.165, 1.54) is 0 Å². The number of fused-ring (bicyclic) bond motifs is 1. The molecule has 0 aliphatic carbocycles. The molecule has 2 aromatic rings. The fourth-order valence-corrected chi connectivity index (χ4v) is 2.76. The zero-order valence-electron chi connectivity index (χ0n) is 12.4. The SMILES string of the molecule is CCNC(c1cc2cc(Cl)ccc2o1)C(OC)C(C)C. The smallest absolute Gasteiger partial charge is 0.134 e. The van der Waals surface area contributed by atoms with Crippen LogP contribution in [0.3, 0.4) is 0 Å². The molecule has 20 heavy (non-hydrogen) atoms. The Kier molecular flexibility index (Phi) is 5.08. The summed E-state index contributed by atoms with van der Waals surface area (Å²) in [7, 11) is 1.74. The lowest BCUT2D eigenvalue weighted by Gasteiger charge is -2.28. The Bertz CT molecular complexity index is 565. The van der Waals surface area contributed by atoms with Crippen LogP contribution < -0.4 is 5.32 Å². The van der Waals surface area contributed by atoms with Gasteiger partial charge in [-0.05, 0) is 36.7 Å². The molecular weight excluding hydrogens is 274 g/mol. The zero-order chi connectivity index (χ0) is 14.7. The van der Waals surface area contributed by atoms with Gasteiger partial charge in [0.1, 0.15) is 11.3 Å². The fraction of sp³-hybridized carbons (Fsp3) is 0.500. The first kappa shape index (κ1) is 15.4. The lowest BCUT2D eigenvalue weighted by Crippen LogP contribution is -2.36. The zero-order valence-corrected chi connectivity index (χ0v) is 13.2. The molecule has 0 aliphatic rings. The Morgan fingerprint density at radius 1 is 1.30 bits per heavy atom. The van der Waals surface area contributed by atoms with Gasteiger partial charge in [0.2, 0.25) is 0 Å². The highest BCUT2D eigenvalue weighted by atomic mass is 35.5. The molecule has 1 aromatic carbocycles. The summed E-state index contributed by atoms with van der Waals surface area (Å²) in [5, 5.41) is 5.20. The third-order valence-corrected chi connectivity index (χ3v) is 3.72. The van der Waals surface area contributed by atoms with Gasteiger partial charge in [-0.3, -0.25) is 0 Å². The van der Waals surface area contributed by atoms with Crippen LogP contribution in [0, 0.1) is 5.92 Å². The summed E-state index contributed by atoms with van der Waals surface area (Å²) < 4.78 is 11.6. The minimum absolute atomic E-state index is 0.0381. The molecule has 110 valence electrons. The molecule has 2 rings (SSSR count). The van der Waals surface area contributed by atoms with Crippen LogP contribution in [0.5, 0.6) is 0 Å². The van der Waals surface area contributed by atoms with Crippen LogP contribution in [0.15, 0.2) is 28.7 Å². The first-order chi connectivity index (χ1) is 9.56. The molecule has 0 aliphatic heterocycles. The van der Waals surface area contributed by atoms with Gasteiger partial charge >= 0.3 is 0 Å². The average Bonchev–Trinajstić information content (AvgIpc) is 2.80. The van der Waals surface area contributed by atoms with E-state index in [2.05, 4.69) is 26.1 Å². The van der Waals surface area contributed by atoms with Crippen molar-refractivity contribution in [3.8, 4) is 0 Å². The van der Waals surface area contributed by atoms with E-state index < -0.39 is 0 Å². The summed E-state index contributed by atoms with van der Waals surface area (Å²) in [6, 6.07) is 7.75. The monoisotopic (exact) mass is 295 g/mol. The molecule has 4 heteroatoms. The number of ether oxygens (including phenoxy) is 1. The standard InChI is InChI=1S/C16H22ClNO2/c1-5-18-15(16(19-4)10(2)3)14-9-11-8-12(17)6-7-13(11)20-14/h6-10,15-16,18H,5H2,1-4H3. The molecule has 0 bridgehead atoms. The Hall–Kier alpha value is -1.03. The minimum atomic E-state index is 0.0381. The lowest BCUT2D eigenvalue weighted by molar-refractivity contribution is 0.0274. The Morgan fingerprint density at radius 2 is 2.05 bits per heavy atom. The van der Waals surface area contributed by atoms with Crippen molar-refractivity contribution in [2.75, 3.05) is 13.7 Å². The van der Waals surface area contributed by atoms with Crippen molar-refractivity contribution in [2.45, 2.75) is 32.9 Å². The molecular formula is C16H22ClNO2. The number of methoxy groups -OCH3 is 1. The molecule has 0 amide bonds. The molecule has 2 atom stereocenters. The second-order valence-corrected chi connectivity index (χ2v) is 5.75. The minimum Gasteiger partial charge on any atom is -0.459 e. The Morgan fingerprint density at radius 3 is 2.65 bits per heavy atom. The van der Waals surface area contributed by atoms with E-state index >= 15 is 0 Å². The van der Waals surface area contributed by atoms with E-state index in [0.29, 0.717) is 5.92 Å². The molecule has 0 radical (unpaired) electrons. The normalized spacial score (nSPS) is 14.9. The Balaban J connectivity index is 2.40. The highest BCUT2D eigenvalue weighted by Crippen LogP contribution is 2.30. The molecule has 1 heterocycles. The highest BCUT2D eigenvalue weighted by Gasteiger charge is 2.28. The van der Waals surface area contributed by atoms with Crippen molar-refractivity contribution < 1.29 is 9.15 Å². The van der Waals surface area contributed by atoms with E-state index in [9.17, 15) is 0 Å². The summed E-state index contributed by atoms with van der Waals surface area (Å²) >= 11 is 6.03. The van der Waals surface area contributed by atoms with Crippen LogP contribution >= 0.6 is 11.6 Å². The maximum Gasteiger partial charge on any atom is 0.134 e. The third-order valence-electron chi connectivity index (χ3n) is 3.49. The molecule has 0 spiro atoms. The van der Waals surface area contributed by atoms with Crippen molar-refractivity contribution >= 4 is 22.6 Å². The van der Waals surface area contributed by atoms with Gasteiger partial charge in [0, 0.05) is 17.5 Å². The van der Waals surface area contributed by atoms with Crippen LogP contribution in [-0.4, -0.2) is 19.8 Å². The van der Waals surface area contributed by atoms with Gasteiger partial charge in [-0.1, -0.05) is 32.4 Å². The number of rotatable bonds is 6. The Labute approximate surface area is 125 Å². The van der Waals surface area contributed by atoms with Gasteiger partial charge < -0.3 is 14.5 Å². The van der Waals surface area contributed by atoms with Crippen molar-refractivity contribution in [3.63, 3.8) is 0 Å². The van der Waals surface area contributed by atoms with E-state index in [0.717, 1.165) is 28.3 Å². The van der Waals surface area contributed by atoms with Crippen LogP contribution in [0.1, 0.15) is 32.6 Å². The second kappa shape index (κ2) is 6.61. The molecule has 2 unspecified atom stereocenters. The fourth-order valence-electron chi connectivity index (χ4n) is 2.58. The van der Waals surface area contributed by atoms with Crippen LogP contribution in [0.4, 0.5) is 0 Å².